The topological polar surface area (TPSA) is 166 Å². The predicted octanol–water partition coefficient (Wildman–Crippen LogP) is 1.97. The zero-order valence-corrected chi connectivity index (χ0v) is 24.7. The summed E-state index contributed by atoms with van der Waals surface area (Å²) in [6.07, 6.45) is 0.0663. The van der Waals surface area contributed by atoms with Gasteiger partial charge in [-0.15, -0.1) is 0 Å². The smallest absolute Gasteiger partial charge is 0.315 e. The van der Waals surface area contributed by atoms with Crippen LogP contribution in [-0.2, 0) is 27.3 Å². The lowest BCUT2D eigenvalue weighted by molar-refractivity contribution is -0.135. The molecule has 0 saturated carbocycles. The van der Waals surface area contributed by atoms with Crippen LogP contribution in [0.25, 0.3) is 0 Å². The average molecular weight is 609 g/mol. The van der Waals surface area contributed by atoms with Crippen LogP contribution in [0.4, 0.5) is 4.79 Å². The number of aromatic nitrogens is 2. The molecule has 14 heteroatoms. The largest absolute Gasteiger partial charge is 0.491 e. The molecule has 1 saturated heterocycles. The Balaban J connectivity index is 1.34. The standard InChI is InChI=1S/C30H36N6O8/c1-19-26(35-44-34-19)16-28(37)36-9-6-25-27(17-36)42-18-20-4-3-5-22(12-20)43-24-14-21(13-23(15-24)41-11-10-40-2)29(38)31-7-8-32-30(39)33-25/h3-5,12-15,25,27H,6-11,16-18H2,1-2H3,(H,31,38)(H2,32,33,39)/t25-,27-/m0/s1. The number of hydrogen-bond donors (Lipinski definition) is 3. The Morgan fingerprint density at radius 3 is 2.75 bits per heavy atom. The van der Waals surface area contributed by atoms with Crippen molar-refractivity contribution in [1.82, 2.24) is 31.2 Å². The number of aryl methyl sites for hydroxylation is 1. The molecule has 14 nitrogen and oxygen atoms in total. The molecule has 1 fully saturated rings. The lowest BCUT2D eigenvalue weighted by Gasteiger charge is -2.38. The second kappa shape index (κ2) is 14.7. The van der Waals surface area contributed by atoms with E-state index in [0.29, 0.717) is 60.4 Å². The van der Waals surface area contributed by atoms with Gasteiger partial charge in [-0.25, -0.2) is 9.42 Å². The number of urea groups is 1. The first-order valence-corrected chi connectivity index (χ1v) is 14.4. The first kappa shape index (κ1) is 30.8. The van der Waals surface area contributed by atoms with Crippen LogP contribution in [0.1, 0.15) is 33.7 Å². The molecule has 44 heavy (non-hydrogen) atoms. The lowest BCUT2D eigenvalue weighted by atomic mass is 10.0. The number of rotatable bonds is 6. The van der Waals surface area contributed by atoms with Gasteiger partial charge < -0.3 is 39.8 Å². The number of carbonyl (C=O) groups is 3. The van der Waals surface area contributed by atoms with E-state index in [1.54, 1.807) is 43.2 Å². The minimum absolute atomic E-state index is 0.0616. The van der Waals surface area contributed by atoms with Crippen molar-refractivity contribution in [2.75, 3.05) is 46.5 Å². The molecule has 4 amide bonds. The summed E-state index contributed by atoms with van der Waals surface area (Å²) in [5.74, 6) is 0.938. The number of methoxy groups -OCH3 is 1. The van der Waals surface area contributed by atoms with Gasteiger partial charge in [-0.1, -0.05) is 22.4 Å². The van der Waals surface area contributed by atoms with Crippen LogP contribution in [0.15, 0.2) is 47.1 Å². The SMILES string of the molecule is COCCOc1cc2cc(c1)C(=O)NCCNC(=O)N[C@H]1CCN(C(=O)Cc3nonc3C)C[C@@H]1OCc1cccc(c1)O2. The molecule has 2 atom stereocenters. The summed E-state index contributed by atoms with van der Waals surface area (Å²) >= 11 is 0. The van der Waals surface area contributed by atoms with Gasteiger partial charge in [-0.3, -0.25) is 9.59 Å². The summed E-state index contributed by atoms with van der Waals surface area (Å²) in [5, 5.41) is 16.1. The molecule has 2 aliphatic rings. The Labute approximate surface area is 254 Å². The van der Waals surface area contributed by atoms with Crippen molar-refractivity contribution in [3.05, 3.63) is 65.0 Å². The monoisotopic (exact) mass is 608 g/mol. The van der Waals surface area contributed by atoms with Crippen molar-refractivity contribution in [2.24, 2.45) is 0 Å². The van der Waals surface area contributed by atoms with Crippen LogP contribution in [0.3, 0.4) is 0 Å². The van der Waals surface area contributed by atoms with Crippen LogP contribution in [0.5, 0.6) is 17.2 Å². The van der Waals surface area contributed by atoms with E-state index in [1.165, 1.54) is 0 Å². The van der Waals surface area contributed by atoms with Crippen molar-refractivity contribution in [3.63, 3.8) is 0 Å². The van der Waals surface area contributed by atoms with Gasteiger partial charge in [-0.05, 0) is 43.2 Å². The van der Waals surface area contributed by atoms with E-state index in [2.05, 4.69) is 26.3 Å². The van der Waals surface area contributed by atoms with Gasteiger partial charge in [0, 0.05) is 44.9 Å². The van der Waals surface area contributed by atoms with E-state index >= 15 is 0 Å². The van der Waals surface area contributed by atoms with Crippen molar-refractivity contribution >= 4 is 17.8 Å². The molecule has 0 radical (unpaired) electrons. The van der Waals surface area contributed by atoms with E-state index < -0.39 is 12.1 Å². The van der Waals surface area contributed by atoms with Crippen molar-refractivity contribution in [1.29, 1.82) is 0 Å². The molecule has 0 spiro atoms. The number of fused-ring (bicyclic) bond motifs is 5. The van der Waals surface area contributed by atoms with Gasteiger partial charge in [0.1, 0.15) is 35.2 Å². The third-order valence-electron chi connectivity index (χ3n) is 7.29. The second-order valence-electron chi connectivity index (χ2n) is 10.5. The van der Waals surface area contributed by atoms with Crippen LogP contribution >= 0.6 is 0 Å². The quantitative estimate of drug-likeness (QED) is 0.352. The predicted molar refractivity (Wildman–Crippen MR) is 155 cm³/mol. The van der Waals surface area contributed by atoms with E-state index in [4.69, 9.17) is 23.6 Å². The first-order chi connectivity index (χ1) is 21.4. The maximum atomic E-state index is 13.1. The van der Waals surface area contributed by atoms with Crippen LogP contribution in [0.2, 0.25) is 0 Å². The summed E-state index contributed by atoms with van der Waals surface area (Å²) in [6, 6.07) is 11.6. The molecular formula is C30H36N6O8. The Morgan fingerprint density at radius 1 is 1.07 bits per heavy atom. The highest BCUT2D eigenvalue weighted by atomic mass is 16.6. The van der Waals surface area contributed by atoms with E-state index in [1.807, 2.05) is 18.2 Å². The normalized spacial score (nSPS) is 19.3. The minimum atomic E-state index is -0.485. The number of hydrogen-bond acceptors (Lipinski definition) is 10. The van der Waals surface area contributed by atoms with Crippen LogP contribution in [-0.4, -0.2) is 91.7 Å². The highest BCUT2D eigenvalue weighted by Crippen LogP contribution is 2.29. The Morgan fingerprint density at radius 2 is 1.93 bits per heavy atom. The fraction of sp³-hybridized carbons (Fsp3) is 0.433. The Kier molecular flexibility index (Phi) is 10.2. The minimum Gasteiger partial charge on any atom is -0.491 e. The highest BCUT2D eigenvalue weighted by Gasteiger charge is 2.34. The fourth-order valence-corrected chi connectivity index (χ4v) is 4.94. The van der Waals surface area contributed by atoms with E-state index in [-0.39, 0.29) is 50.5 Å². The molecule has 234 valence electrons. The van der Waals surface area contributed by atoms with Gasteiger partial charge in [0.2, 0.25) is 5.91 Å². The number of carbonyl (C=O) groups excluding carboxylic acids is 3. The Hall–Kier alpha value is -4.69. The van der Waals surface area contributed by atoms with Crippen LogP contribution in [0, 0.1) is 6.92 Å². The summed E-state index contributed by atoms with van der Waals surface area (Å²) in [5.41, 5.74) is 2.23. The molecule has 2 aliphatic heterocycles. The third-order valence-corrected chi connectivity index (χ3v) is 7.29. The maximum Gasteiger partial charge on any atom is 0.315 e. The fourth-order valence-electron chi connectivity index (χ4n) is 4.94. The summed E-state index contributed by atoms with van der Waals surface area (Å²) in [4.78, 5) is 40.5. The first-order valence-electron chi connectivity index (χ1n) is 14.4. The summed E-state index contributed by atoms with van der Waals surface area (Å²) < 4.78 is 28.0. The second-order valence-corrected chi connectivity index (χ2v) is 10.5. The molecule has 4 bridgehead atoms. The van der Waals surface area contributed by atoms with Crippen molar-refractivity contribution in [2.45, 2.75) is 38.5 Å². The molecule has 3 aromatic rings. The van der Waals surface area contributed by atoms with Gasteiger partial charge >= 0.3 is 6.03 Å². The number of likely N-dealkylation sites (tertiary alicyclic amines) is 1. The molecule has 2 aromatic carbocycles. The van der Waals surface area contributed by atoms with Gasteiger partial charge in [0.05, 0.1) is 31.8 Å². The van der Waals surface area contributed by atoms with Gasteiger partial charge in [-0.2, -0.15) is 0 Å². The third kappa shape index (κ3) is 8.23. The number of piperidine rings is 1. The zero-order chi connectivity index (χ0) is 30.9. The molecule has 0 aliphatic carbocycles. The van der Waals surface area contributed by atoms with Gasteiger partial charge in [0.15, 0.2) is 0 Å². The molecule has 0 unspecified atom stereocenters. The van der Waals surface area contributed by atoms with Crippen molar-refractivity contribution < 1.29 is 38.0 Å². The Bertz CT molecular complexity index is 1460. The molecular weight excluding hydrogens is 572 g/mol. The molecule has 3 heterocycles. The van der Waals surface area contributed by atoms with Crippen LogP contribution < -0.4 is 25.4 Å². The molecule has 1 aromatic heterocycles. The number of ether oxygens (including phenoxy) is 4. The summed E-state index contributed by atoms with van der Waals surface area (Å²) in [6.45, 7) is 3.74. The number of nitrogens with one attached hydrogen (secondary N) is 3. The highest BCUT2D eigenvalue weighted by molar-refractivity contribution is 5.95. The maximum absolute atomic E-state index is 13.1. The molecule has 5 rings (SSSR count). The average Bonchev–Trinajstić information content (AvgIpc) is 3.42. The number of nitrogens with zero attached hydrogens (tertiary/aromatic N) is 3. The van der Waals surface area contributed by atoms with Crippen molar-refractivity contribution in [3.8, 4) is 17.2 Å². The number of amides is 4. The lowest BCUT2D eigenvalue weighted by Crippen LogP contribution is -2.58. The van der Waals surface area contributed by atoms with E-state index in [9.17, 15) is 14.4 Å². The molecule has 3 N–H and O–H groups in total. The number of benzene rings is 2. The van der Waals surface area contributed by atoms with E-state index in [0.717, 1.165) is 5.56 Å². The van der Waals surface area contributed by atoms with Gasteiger partial charge in [0.25, 0.3) is 5.91 Å². The zero-order valence-electron chi connectivity index (χ0n) is 24.7. The summed E-state index contributed by atoms with van der Waals surface area (Å²) in [7, 11) is 1.58.